The molecule has 3 rings (SSSR count). The van der Waals surface area contributed by atoms with E-state index in [1.807, 2.05) is 19.9 Å². The van der Waals surface area contributed by atoms with Crippen LogP contribution in [0, 0.1) is 17.2 Å². The maximum absolute atomic E-state index is 13.1. The predicted molar refractivity (Wildman–Crippen MR) is 124 cm³/mol. The second-order valence-electron chi connectivity index (χ2n) is 7.27. The molecule has 1 aromatic heterocycles. The first-order valence-corrected chi connectivity index (χ1v) is 11.1. The van der Waals surface area contributed by atoms with Crippen molar-refractivity contribution in [1.29, 1.82) is 5.26 Å². The molecule has 0 saturated heterocycles. The van der Waals surface area contributed by atoms with Gasteiger partial charge in [0.2, 0.25) is 5.91 Å². The van der Waals surface area contributed by atoms with Crippen LogP contribution in [-0.2, 0) is 11.3 Å². The Morgan fingerprint density at radius 1 is 1.27 bits per heavy atom. The zero-order valence-electron chi connectivity index (χ0n) is 16.8. The minimum Gasteiger partial charge on any atom is -0.324 e. The summed E-state index contributed by atoms with van der Waals surface area (Å²) in [5.74, 6) is -0.0240. The number of anilines is 1. The number of thioether (sulfide) groups is 1. The Morgan fingerprint density at radius 3 is 2.70 bits per heavy atom. The van der Waals surface area contributed by atoms with Crippen molar-refractivity contribution in [3.05, 3.63) is 62.9 Å². The highest BCUT2D eigenvalue weighted by molar-refractivity contribution is 9.10. The van der Waals surface area contributed by atoms with E-state index in [2.05, 4.69) is 32.3 Å². The van der Waals surface area contributed by atoms with Crippen LogP contribution in [0.15, 0.2) is 56.9 Å². The van der Waals surface area contributed by atoms with Gasteiger partial charge in [-0.05, 0) is 43.2 Å². The van der Waals surface area contributed by atoms with Crippen molar-refractivity contribution in [2.24, 2.45) is 5.92 Å². The molecule has 1 unspecified atom stereocenters. The number of fused-ring (bicyclic) bond motifs is 1. The lowest BCUT2D eigenvalue weighted by atomic mass is 10.2. The van der Waals surface area contributed by atoms with Crippen molar-refractivity contribution in [3.8, 4) is 6.07 Å². The van der Waals surface area contributed by atoms with Gasteiger partial charge < -0.3 is 5.32 Å². The monoisotopic (exact) mass is 484 g/mol. The third kappa shape index (κ3) is 4.91. The highest BCUT2D eigenvalue weighted by Gasteiger charge is 2.21. The predicted octanol–water partition coefficient (Wildman–Crippen LogP) is 4.81. The summed E-state index contributed by atoms with van der Waals surface area (Å²) in [4.78, 5) is 30.5. The molecule has 0 spiro atoms. The molecule has 1 amide bonds. The van der Waals surface area contributed by atoms with E-state index < -0.39 is 5.25 Å². The molecule has 1 atom stereocenters. The SMILES string of the molecule is CC(C)Cn1c(SC(C)C(=O)Nc2ccccc2C#N)nc2ccc(Br)cc2c1=O. The van der Waals surface area contributed by atoms with Gasteiger partial charge in [-0.25, -0.2) is 4.98 Å². The van der Waals surface area contributed by atoms with Crippen molar-refractivity contribution in [1.82, 2.24) is 9.55 Å². The number of nitrogens with one attached hydrogen (secondary N) is 1. The van der Waals surface area contributed by atoms with Crippen molar-refractivity contribution >= 4 is 50.2 Å². The molecule has 154 valence electrons. The second kappa shape index (κ2) is 9.45. The number of carbonyl (C=O) groups excluding carboxylic acids is 1. The van der Waals surface area contributed by atoms with Crippen LogP contribution in [0.1, 0.15) is 26.3 Å². The Morgan fingerprint density at radius 2 is 2.00 bits per heavy atom. The van der Waals surface area contributed by atoms with Gasteiger partial charge in [0.05, 0.1) is 27.4 Å². The molecule has 1 N–H and O–H groups in total. The van der Waals surface area contributed by atoms with E-state index in [-0.39, 0.29) is 17.4 Å². The second-order valence-corrected chi connectivity index (χ2v) is 9.50. The normalized spacial score (nSPS) is 12.0. The van der Waals surface area contributed by atoms with Gasteiger partial charge in [-0.1, -0.05) is 53.7 Å². The summed E-state index contributed by atoms with van der Waals surface area (Å²) in [5.41, 5.74) is 1.33. The third-order valence-corrected chi connectivity index (χ3v) is 5.97. The molecule has 30 heavy (non-hydrogen) atoms. The van der Waals surface area contributed by atoms with Crippen LogP contribution in [-0.4, -0.2) is 20.7 Å². The van der Waals surface area contributed by atoms with Gasteiger partial charge in [-0.3, -0.25) is 14.2 Å². The number of rotatable bonds is 6. The van der Waals surface area contributed by atoms with Gasteiger partial charge in [-0.15, -0.1) is 0 Å². The molecule has 0 aliphatic heterocycles. The number of halogens is 1. The molecular formula is C22H21BrN4O2S. The highest BCUT2D eigenvalue weighted by atomic mass is 79.9. The van der Waals surface area contributed by atoms with E-state index in [1.54, 1.807) is 47.9 Å². The van der Waals surface area contributed by atoms with Gasteiger partial charge in [0, 0.05) is 11.0 Å². The lowest BCUT2D eigenvalue weighted by molar-refractivity contribution is -0.115. The average molecular weight is 485 g/mol. The van der Waals surface area contributed by atoms with Crippen LogP contribution >= 0.6 is 27.7 Å². The summed E-state index contributed by atoms with van der Waals surface area (Å²) in [5, 5.41) is 12.5. The van der Waals surface area contributed by atoms with E-state index in [9.17, 15) is 14.9 Å². The van der Waals surface area contributed by atoms with Gasteiger partial charge in [0.25, 0.3) is 5.56 Å². The van der Waals surface area contributed by atoms with Crippen LogP contribution in [0.4, 0.5) is 5.69 Å². The number of para-hydroxylation sites is 1. The number of benzene rings is 2. The molecule has 6 nitrogen and oxygen atoms in total. The van der Waals surface area contributed by atoms with Crippen molar-refractivity contribution in [2.75, 3.05) is 5.32 Å². The first-order chi connectivity index (χ1) is 14.3. The largest absolute Gasteiger partial charge is 0.324 e. The van der Waals surface area contributed by atoms with Crippen LogP contribution in [0.5, 0.6) is 0 Å². The molecule has 0 bridgehead atoms. The topological polar surface area (TPSA) is 87.8 Å². The number of amides is 1. The summed E-state index contributed by atoms with van der Waals surface area (Å²) >= 11 is 4.64. The fourth-order valence-corrected chi connectivity index (χ4v) is 4.20. The van der Waals surface area contributed by atoms with Crippen molar-refractivity contribution in [2.45, 2.75) is 37.7 Å². The summed E-state index contributed by atoms with van der Waals surface area (Å²) in [6.45, 7) is 6.32. The summed E-state index contributed by atoms with van der Waals surface area (Å²) in [6, 6.07) is 14.3. The lowest BCUT2D eigenvalue weighted by Crippen LogP contribution is -2.28. The maximum Gasteiger partial charge on any atom is 0.262 e. The number of aromatic nitrogens is 2. The van der Waals surface area contributed by atoms with Crippen LogP contribution in [0.2, 0.25) is 0 Å². The Labute approximate surface area is 187 Å². The average Bonchev–Trinajstić information content (AvgIpc) is 2.71. The van der Waals surface area contributed by atoms with Crippen LogP contribution in [0.3, 0.4) is 0 Å². The zero-order chi connectivity index (χ0) is 21.8. The Kier molecular flexibility index (Phi) is 6.95. The summed E-state index contributed by atoms with van der Waals surface area (Å²) in [7, 11) is 0. The molecule has 0 aliphatic carbocycles. The van der Waals surface area contributed by atoms with E-state index in [1.165, 1.54) is 11.8 Å². The number of nitriles is 1. The Balaban J connectivity index is 1.93. The standard InChI is InChI=1S/C22H21BrN4O2S/c1-13(2)12-27-21(29)17-10-16(23)8-9-19(17)26-22(27)30-14(3)20(28)25-18-7-5-4-6-15(18)11-24/h4-10,13-14H,12H2,1-3H3,(H,25,28). The molecule has 2 aromatic carbocycles. The quantitative estimate of drug-likeness (QED) is 0.400. The van der Waals surface area contributed by atoms with Crippen molar-refractivity contribution in [3.63, 3.8) is 0 Å². The third-order valence-electron chi connectivity index (χ3n) is 4.39. The van der Waals surface area contributed by atoms with Gasteiger partial charge in [-0.2, -0.15) is 5.26 Å². The Bertz CT molecular complexity index is 1200. The van der Waals surface area contributed by atoms with Crippen molar-refractivity contribution < 1.29 is 4.79 Å². The number of hydrogen-bond donors (Lipinski definition) is 1. The fourth-order valence-electron chi connectivity index (χ4n) is 2.92. The number of carbonyl (C=O) groups is 1. The van der Waals surface area contributed by atoms with Crippen LogP contribution < -0.4 is 10.9 Å². The van der Waals surface area contributed by atoms with E-state index >= 15 is 0 Å². The fraction of sp³-hybridized carbons (Fsp3) is 0.273. The molecule has 0 saturated carbocycles. The molecular weight excluding hydrogens is 464 g/mol. The molecule has 0 fully saturated rings. The smallest absolute Gasteiger partial charge is 0.262 e. The summed E-state index contributed by atoms with van der Waals surface area (Å²) in [6.07, 6.45) is 0. The van der Waals surface area contributed by atoms with E-state index in [0.29, 0.717) is 33.9 Å². The first-order valence-electron chi connectivity index (χ1n) is 9.47. The first kappa shape index (κ1) is 22.1. The van der Waals surface area contributed by atoms with Crippen LogP contribution in [0.25, 0.3) is 10.9 Å². The molecule has 8 heteroatoms. The molecule has 0 radical (unpaired) electrons. The van der Waals surface area contributed by atoms with Gasteiger partial charge >= 0.3 is 0 Å². The van der Waals surface area contributed by atoms with Gasteiger partial charge in [0.1, 0.15) is 6.07 Å². The molecule has 3 aromatic rings. The number of hydrogen-bond acceptors (Lipinski definition) is 5. The lowest BCUT2D eigenvalue weighted by Gasteiger charge is -2.18. The maximum atomic E-state index is 13.1. The zero-order valence-corrected chi connectivity index (χ0v) is 19.3. The van der Waals surface area contributed by atoms with E-state index in [4.69, 9.17) is 0 Å². The Hall–Kier alpha value is -2.63. The number of nitrogens with zero attached hydrogens (tertiary/aromatic N) is 3. The minimum absolute atomic E-state index is 0.125. The highest BCUT2D eigenvalue weighted by Crippen LogP contribution is 2.26. The van der Waals surface area contributed by atoms with E-state index in [0.717, 1.165) is 4.47 Å². The minimum atomic E-state index is -0.519. The summed E-state index contributed by atoms with van der Waals surface area (Å²) < 4.78 is 2.45. The molecule has 1 heterocycles. The molecule has 0 aliphatic rings. The van der Waals surface area contributed by atoms with Gasteiger partial charge in [0.15, 0.2) is 5.16 Å².